The molecule has 1 aliphatic rings. The van der Waals surface area contributed by atoms with Gasteiger partial charge >= 0.3 is 5.97 Å². The molecule has 2 aromatic carbocycles. The van der Waals surface area contributed by atoms with Gasteiger partial charge in [0, 0.05) is 24.0 Å². The number of hydrogen-bond acceptors (Lipinski definition) is 8. The molecule has 0 spiro atoms. The maximum Gasteiger partial charge on any atom is 0.344 e. The van der Waals surface area contributed by atoms with Crippen molar-refractivity contribution in [2.24, 2.45) is 10.9 Å². The van der Waals surface area contributed by atoms with Crippen molar-refractivity contribution in [3.05, 3.63) is 65.2 Å². The molecule has 33 heavy (non-hydrogen) atoms. The zero-order valence-electron chi connectivity index (χ0n) is 18.4. The molecule has 9 nitrogen and oxygen atoms in total. The van der Waals surface area contributed by atoms with Gasteiger partial charge in [-0.25, -0.2) is 4.79 Å². The molecule has 0 unspecified atom stereocenters. The monoisotopic (exact) mass is 453 g/mol. The van der Waals surface area contributed by atoms with Gasteiger partial charge in [0.2, 0.25) is 0 Å². The lowest BCUT2D eigenvalue weighted by Gasteiger charge is -2.22. The Kier molecular flexibility index (Phi) is 8.54. The zero-order valence-corrected chi connectivity index (χ0v) is 18.4. The maximum atomic E-state index is 12.7. The van der Waals surface area contributed by atoms with Gasteiger partial charge < -0.3 is 25.4 Å². The minimum Gasteiger partial charge on any atom is -0.482 e. The molecule has 1 fully saturated rings. The van der Waals surface area contributed by atoms with Crippen molar-refractivity contribution < 1.29 is 28.6 Å². The molecule has 0 radical (unpaired) electrons. The molecule has 3 rings (SSSR count). The predicted molar refractivity (Wildman–Crippen MR) is 121 cm³/mol. The first kappa shape index (κ1) is 23.9. The second-order valence-electron chi connectivity index (χ2n) is 7.57. The first-order chi connectivity index (χ1) is 16.0. The molecule has 1 heterocycles. The van der Waals surface area contributed by atoms with E-state index in [2.05, 4.69) is 10.4 Å². The van der Waals surface area contributed by atoms with Crippen LogP contribution < -0.4 is 15.9 Å². The largest absolute Gasteiger partial charge is 0.482 e. The van der Waals surface area contributed by atoms with Crippen molar-refractivity contribution in [3.8, 4) is 5.75 Å². The molecular weight excluding hydrogens is 426 g/mol. The fourth-order valence-electron chi connectivity index (χ4n) is 3.27. The van der Waals surface area contributed by atoms with Crippen molar-refractivity contribution in [1.29, 1.82) is 0 Å². The number of amides is 1. The molecule has 0 saturated carbocycles. The Labute approximate surface area is 191 Å². The van der Waals surface area contributed by atoms with Gasteiger partial charge in [0.05, 0.1) is 25.5 Å². The standard InChI is InChI=1S/C24H27N3O6/c1-16(27-24(30)19-4-2-17(3-5-19)14-26-25)23(29)18-6-8-20(9-7-18)32-15-22(28)33-21-10-12-31-13-11-21/h2-9,14,16,21H,10-13,15,25H2,1H3,(H,27,30)/t16-/m0/s1. The third-order valence-corrected chi connectivity index (χ3v) is 5.10. The summed E-state index contributed by atoms with van der Waals surface area (Å²) in [6.07, 6.45) is 2.71. The molecule has 0 bridgehead atoms. The Morgan fingerprint density at radius 1 is 1.09 bits per heavy atom. The highest BCUT2D eigenvalue weighted by Gasteiger charge is 2.20. The van der Waals surface area contributed by atoms with Crippen LogP contribution in [-0.2, 0) is 14.3 Å². The number of nitrogens with zero attached hydrogens (tertiary/aromatic N) is 1. The Hall–Kier alpha value is -3.72. The second kappa shape index (κ2) is 11.8. The maximum absolute atomic E-state index is 12.7. The number of ether oxygens (including phenoxy) is 3. The molecule has 1 amide bonds. The number of nitrogens with two attached hydrogens (primary N) is 1. The molecule has 3 N–H and O–H groups in total. The lowest BCUT2D eigenvalue weighted by atomic mass is 10.0. The molecular formula is C24H27N3O6. The van der Waals surface area contributed by atoms with Crippen LogP contribution in [0.2, 0.25) is 0 Å². The lowest BCUT2D eigenvalue weighted by molar-refractivity contribution is -0.155. The van der Waals surface area contributed by atoms with Crippen LogP contribution in [0.15, 0.2) is 53.6 Å². The Morgan fingerprint density at radius 2 is 1.73 bits per heavy atom. The van der Waals surface area contributed by atoms with Crippen LogP contribution in [0, 0.1) is 0 Å². The molecule has 2 aromatic rings. The topological polar surface area (TPSA) is 129 Å². The number of hydrazone groups is 1. The van der Waals surface area contributed by atoms with Crippen LogP contribution in [0.5, 0.6) is 5.75 Å². The van der Waals surface area contributed by atoms with Gasteiger partial charge in [-0.3, -0.25) is 9.59 Å². The van der Waals surface area contributed by atoms with E-state index in [0.29, 0.717) is 42.9 Å². The van der Waals surface area contributed by atoms with E-state index in [1.165, 1.54) is 6.21 Å². The lowest BCUT2D eigenvalue weighted by Crippen LogP contribution is -2.38. The highest BCUT2D eigenvalue weighted by atomic mass is 16.6. The normalized spacial score (nSPS) is 15.1. The Bertz CT molecular complexity index is 982. The molecule has 1 aliphatic heterocycles. The van der Waals surface area contributed by atoms with Crippen molar-refractivity contribution in [2.75, 3.05) is 19.8 Å². The van der Waals surface area contributed by atoms with Crippen LogP contribution in [-0.4, -0.2) is 55.8 Å². The van der Waals surface area contributed by atoms with Gasteiger partial charge in [-0.1, -0.05) is 12.1 Å². The van der Waals surface area contributed by atoms with Gasteiger partial charge in [0.15, 0.2) is 12.4 Å². The first-order valence-corrected chi connectivity index (χ1v) is 10.6. The van der Waals surface area contributed by atoms with E-state index in [0.717, 1.165) is 5.56 Å². The Morgan fingerprint density at radius 3 is 2.36 bits per heavy atom. The third kappa shape index (κ3) is 7.15. The van der Waals surface area contributed by atoms with E-state index in [4.69, 9.17) is 20.1 Å². The number of ketones is 1. The van der Waals surface area contributed by atoms with Gasteiger partial charge in [0.25, 0.3) is 5.91 Å². The molecule has 1 atom stereocenters. The smallest absolute Gasteiger partial charge is 0.344 e. The second-order valence-corrected chi connectivity index (χ2v) is 7.57. The van der Waals surface area contributed by atoms with E-state index < -0.39 is 12.0 Å². The van der Waals surface area contributed by atoms with Crippen LogP contribution in [0.4, 0.5) is 0 Å². The van der Waals surface area contributed by atoms with Gasteiger partial charge in [-0.2, -0.15) is 5.10 Å². The van der Waals surface area contributed by atoms with Gasteiger partial charge in [-0.15, -0.1) is 0 Å². The molecule has 1 saturated heterocycles. The van der Waals surface area contributed by atoms with E-state index >= 15 is 0 Å². The van der Waals surface area contributed by atoms with Gasteiger partial charge in [-0.05, 0) is 48.9 Å². The highest BCUT2D eigenvalue weighted by molar-refractivity contribution is 6.04. The summed E-state index contributed by atoms with van der Waals surface area (Å²) in [6, 6.07) is 12.3. The van der Waals surface area contributed by atoms with Crippen LogP contribution in [0.3, 0.4) is 0 Å². The number of carbonyl (C=O) groups excluding carboxylic acids is 3. The molecule has 174 valence electrons. The SMILES string of the molecule is C[C@H](NC(=O)c1ccc(C=NN)cc1)C(=O)c1ccc(OCC(=O)OC2CCOCC2)cc1. The van der Waals surface area contributed by atoms with Crippen LogP contribution in [0.1, 0.15) is 46.0 Å². The molecule has 0 aromatic heterocycles. The zero-order chi connectivity index (χ0) is 23.6. The predicted octanol–water partition coefficient (Wildman–Crippen LogP) is 2.08. The summed E-state index contributed by atoms with van der Waals surface area (Å²) in [7, 11) is 0. The number of Topliss-reactive ketones (excluding diaryl/α,β-unsaturated/α-hetero) is 1. The van der Waals surface area contributed by atoms with Crippen LogP contribution in [0.25, 0.3) is 0 Å². The van der Waals surface area contributed by atoms with E-state index in [1.807, 2.05) is 0 Å². The van der Waals surface area contributed by atoms with E-state index in [-0.39, 0.29) is 24.4 Å². The summed E-state index contributed by atoms with van der Waals surface area (Å²) >= 11 is 0. The van der Waals surface area contributed by atoms with Crippen molar-refractivity contribution >= 4 is 23.9 Å². The number of esters is 1. The average Bonchev–Trinajstić information content (AvgIpc) is 2.84. The molecule has 9 heteroatoms. The van der Waals surface area contributed by atoms with Gasteiger partial charge in [0.1, 0.15) is 11.9 Å². The summed E-state index contributed by atoms with van der Waals surface area (Å²) in [5.74, 6) is 4.49. The first-order valence-electron chi connectivity index (χ1n) is 10.6. The third-order valence-electron chi connectivity index (χ3n) is 5.10. The number of rotatable bonds is 9. The van der Waals surface area contributed by atoms with E-state index in [9.17, 15) is 14.4 Å². The fraction of sp³-hybridized carbons (Fsp3) is 0.333. The number of hydrogen-bond donors (Lipinski definition) is 2. The quantitative estimate of drug-likeness (QED) is 0.195. The fourth-order valence-corrected chi connectivity index (χ4v) is 3.27. The van der Waals surface area contributed by atoms with Crippen LogP contribution >= 0.6 is 0 Å². The highest BCUT2D eigenvalue weighted by Crippen LogP contribution is 2.15. The minimum atomic E-state index is -0.732. The summed E-state index contributed by atoms with van der Waals surface area (Å²) in [6.45, 7) is 2.58. The summed E-state index contributed by atoms with van der Waals surface area (Å²) in [4.78, 5) is 37.0. The summed E-state index contributed by atoms with van der Waals surface area (Å²) in [5, 5.41) is 6.12. The number of carbonyl (C=O) groups is 3. The van der Waals surface area contributed by atoms with E-state index in [1.54, 1.807) is 55.5 Å². The summed E-state index contributed by atoms with van der Waals surface area (Å²) < 4.78 is 16.0. The Balaban J connectivity index is 1.48. The van der Waals surface area contributed by atoms with Crippen molar-refractivity contribution in [3.63, 3.8) is 0 Å². The number of nitrogens with one attached hydrogen (secondary N) is 1. The number of benzene rings is 2. The molecule has 0 aliphatic carbocycles. The average molecular weight is 453 g/mol. The minimum absolute atomic E-state index is 0.135. The van der Waals surface area contributed by atoms with Crippen molar-refractivity contribution in [1.82, 2.24) is 5.32 Å². The summed E-state index contributed by atoms with van der Waals surface area (Å²) in [5.41, 5.74) is 1.59. The van der Waals surface area contributed by atoms with Crippen molar-refractivity contribution in [2.45, 2.75) is 31.9 Å².